The summed E-state index contributed by atoms with van der Waals surface area (Å²) in [5, 5.41) is 12.8. The number of aryl methyl sites for hydroxylation is 1. The van der Waals surface area contributed by atoms with Crippen LogP contribution in [0.1, 0.15) is 40.0 Å². The molecule has 140 valence electrons. The number of ether oxygens (including phenoxy) is 1. The maximum atomic E-state index is 11.7. The van der Waals surface area contributed by atoms with Crippen LogP contribution >= 0.6 is 0 Å². The molecule has 0 saturated carbocycles. The third-order valence-electron chi connectivity index (χ3n) is 4.98. The highest BCUT2D eigenvalue weighted by Crippen LogP contribution is 2.25. The second-order valence-electron chi connectivity index (χ2n) is 6.88. The minimum Gasteiger partial charge on any atom is -0.382 e. The molecule has 2 aromatic rings. The lowest BCUT2D eigenvalue weighted by molar-refractivity contribution is 0.0187. The van der Waals surface area contributed by atoms with Crippen molar-refractivity contribution < 1.29 is 9.53 Å². The molecular weight excluding hydrogens is 338 g/mol. The number of carbonyl (C=O) groups is 1. The Kier molecular flexibility index (Phi) is 6.23. The first-order valence-electron chi connectivity index (χ1n) is 9.26. The third-order valence-corrected chi connectivity index (χ3v) is 4.98. The largest absolute Gasteiger partial charge is 0.382 e. The Hall–Kier alpha value is -2.68. The van der Waals surface area contributed by atoms with Crippen LogP contribution in [0.2, 0.25) is 0 Å². The molecule has 1 unspecified atom stereocenters. The fourth-order valence-corrected chi connectivity index (χ4v) is 3.35. The first-order valence-corrected chi connectivity index (χ1v) is 9.26. The summed E-state index contributed by atoms with van der Waals surface area (Å²) in [5.41, 5.74) is 4.32. The number of anilines is 1. The van der Waals surface area contributed by atoms with Gasteiger partial charge in [-0.05, 0) is 37.6 Å². The molecule has 1 N–H and O–H groups in total. The molecule has 5 heteroatoms. The van der Waals surface area contributed by atoms with Gasteiger partial charge in [0.1, 0.15) is 6.07 Å². The predicted octanol–water partition coefficient (Wildman–Crippen LogP) is 3.55. The summed E-state index contributed by atoms with van der Waals surface area (Å²) in [6.07, 6.45) is 0. The van der Waals surface area contributed by atoms with Crippen LogP contribution in [-0.4, -0.2) is 43.5 Å². The van der Waals surface area contributed by atoms with Gasteiger partial charge >= 0.3 is 0 Å². The maximum absolute atomic E-state index is 11.7. The van der Waals surface area contributed by atoms with Crippen LogP contribution in [0.3, 0.4) is 0 Å². The Morgan fingerprint density at radius 3 is 2.56 bits per heavy atom. The number of nitrogens with zero attached hydrogens (tertiary/aromatic N) is 2. The summed E-state index contributed by atoms with van der Waals surface area (Å²) in [6.45, 7) is 7.47. The lowest BCUT2D eigenvalue weighted by atomic mass is 10.0. The van der Waals surface area contributed by atoms with Gasteiger partial charge in [0.15, 0.2) is 5.78 Å². The first kappa shape index (κ1) is 19.1. The van der Waals surface area contributed by atoms with Gasteiger partial charge in [-0.3, -0.25) is 9.69 Å². The van der Waals surface area contributed by atoms with Crippen LogP contribution in [0.15, 0.2) is 42.5 Å². The van der Waals surface area contributed by atoms with E-state index in [1.807, 2.05) is 0 Å². The van der Waals surface area contributed by atoms with Crippen LogP contribution in [0, 0.1) is 18.3 Å². The highest BCUT2D eigenvalue weighted by molar-refractivity contribution is 5.95. The van der Waals surface area contributed by atoms with Crippen molar-refractivity contribution >= 4 is 11.5 Å². The standard InChI is InChI=1S/C22H25N3O2/c1-16-3-5-18(6-4-16)22(25-9-11-27-12-10-25)15-24-21-13-19(17(2)26)7-8-20(21)14-23/h3-8,13,22,24H,9-12,15H2,1-2H3. The molecule has 0 spiro atoms. The molecule has 1 saturated heterocycles. The van der Waals surface area contributed by atoms with Crippen LogP contribution in [0.25, 0.3) is 0 Å². The molecule has 5 nitrogen and oxygen atoms in total. The molecule has 1 aliphatic rings. The van der Waals surface area contributed by atoms with E-state index in [-0.39, 0.29) is 11.8 Å². The maximum Gasteiger partial charge on any atom is 0.159 e. The predicted molar refractivity (Wildman–Crippen MR) is 106 cm³/mol. The number of ketones is 1. The van der Waals surface area contributed by atoms with Crippen molar-refractivity contribution in [3.05, 3.63) is 64.7 Å². The number of benzene rings is 2. The van der Waals surface area contributed by atoms with E-state index in [4.69, 9.17) is 4.74 Å². The molecule has 1 heterocycles. The quantitative estimate of drug-likeness (QED) is 0.795. The van der Waals surface area contributed by atoms with Crippen LogP contribution in [0.4, 0.5) is 5.69 Å². The van der Waals surface area contributed by atoms with E-state index < -0.39 is 0 Å². The molecule has 1 fully saturated rings. The molecule has 1 aliphatic heterocycles. The number of hydrogen-bond acceptors (Lipinski definition) is 5. The van der Waals surface area contributed by atoms with Gasteiger partial charge < -0.3 is 10.1 Å². The lowest BCUT2D eigenvalue weighted by Gasteiger charge is -2.35. The zero-order valence-corrected chi connectivity index (χ0v) is 15.9. The van der Waals surface area contributed by atoms with E-state index in [1.54, 1.807) is 18.2 Å². The first-order chi connectivity index (χ1) is 13.1. The van der Waals surface area contributed by atoms with E-state index in [0.29, 0.717) is 23.4 Å². The molecule has 3 rings (SSSR count). The van der Waals surface area contributed by atoms with E-state index in [9.17, 15) is 10.1 Å². The molecule has 0 bridgehead atoms. The van der Waals surface area contributed by atoms with E-state index in [2.05, 4.69) is 47.5 Å². The minimum absolute atomic E-state index is 0.00852. The van der Waals surface area contributed by atoms with Crippen molar-refractivity contribution in [3.63, 3.8) is 0 Å². The Labute approximate surface area is 160 Å². The summed E-state index contributed by atoms with van der Waals surface area (Å²) in [5.74, 6) is -0.00852. The topological polar surface area (TPSA) is 65.4 Å². The van der Waals surface area contributed by atoms with E-state index in [0.717, 1.165) is 26.3 Å². The van der Waals surface area contributed by atoms with E-state index in [1.165, 1.54) is 18.1 Å². The smallest absolute Gasteiger partial charge is 0.159 e. The van der Waals surface area contributed by atoms with Crippen molar-refractivity contribution in [1.82, 2.24) is 4.90 Å². The number of morpholine rings is 1. The van der Waals surface area contributed by atoms with Gasteiger partial charge in [0.05, 0.1) is 30.5 Å². The van der Waals surface area contributed by atoms with Gasteiger partial charge in [0, 0.05) is 25.2 Å². The number of hydrogen-bond donors (Lipinski definition) is 1. The number of Topliss-reactive ketones (excluding diaryl/α,β-unsaturated/α-hetero) is 1. The molecular formula is C22H25N3O2. The molecule has 0 amide bonds. The second kappa shape index (κ2) is 8.81. The monoisotopic (exact) mass is 363 g/mol. The Balaban J connectivity index is 1.84. The third kappa shape index (κ3) is 4.73. The Bertz CT molecular complexity index is 834. The van der Waals surface area contributed by atoms with Crippen molar-refractivity contribution in [1.29, 1.82) is 5.26 Å². The fourth-order valence-electron chi connectivity index (χ4n) is 3.35. The number of nitrogens with one attached hydrogen (secondary N) is 1. The Morgan fingerprint density at radius 2 is 1.93 bits per heavy atom. The molecule has 1 atom stereocenters. The van der Waals surface area contributed by atoms with Crippen LogP contribution in [-0.2, 0) is 4.74 Å². The van der Waals surface area contributed by atoms with Crippen molar-refractivity contribution in [2.45, 2.75) is 19.9 Å². The van der Waals surface area contributed by atoms with Crippen molar-refractivity contribution in [3.8, 4) is 6.07 Å². The number of rotatable bonds is 6. The number of nitriles is 1. The summed E-state index contributed by atoms with van der Waals surface area (Å²) < 4.78 is 5.50. The van der Waals surface area contributed by atoms with Crippen molar-refractivity contribution in [2.75, 3.05) is 38.2 Å². The van der Waals surface area contributed by atoms with Gasteiger partial charge in [-0.15, -0.1) is 0 Å². The average Bonchev–Trinajstić information content (AvgIpc) is 2.70. The summed E-state index contributed by atoms with van der Waals surface area (Å²) in [7, 11) is 0. The highest BCUT2D eigenvalue weighted by Gasteiger charge is 2.23. The van der Waals surface area contributed by atoms with Crippen molar-refractivity contribution in [2.24, 2.45) is 0 Å². The van der Waals surface area contributed by atoms with E-state index >= 15 is 0 Å². The molecule has 2 aromatic carbocycles. The lowest BCUT2D eigenvalue weighted by Crippen LogP contribution is -2.41. The number of carbonyl (C=O) groups excluding carboxylic acids is 1. The summed E-state index contributed by atoms with van der Waals surface area (Å²) in [6, 6.07) is 16.1. The van der Waals surface area contributed by atoms with Crippen LogP contribution in [0.5, 0.6) is 0 Å². The van der Waals surface area contributed by atoms with Gasteiger partial charge in [0.25, 0.3) is 0 Å². The molecule has 27 heavy (non-hydrogen) atoms. The highest BCUT2D eigenvalue weighted by atomic mass is 16.5. The van der Waals surface area contributed by atoms with Gasteiger partial charge in [-0.2, -0.15) is 5.26 Å². The van der Waals surface area contributed by atoms with Gasteiger partial charge in [-0.25, -0.2) is 0 Å². The average molecular weight is 363 g/mol. The molecule has 0 aliphatic carbocycles. The molecule has 0 radical (unpaired) electrons. The molecule has 0 aromatic heterocycles. The van der Waals surface area contributed by atoms with Crippen LogP contribution < -0.4 is 5.32 Å². The normalized spacial score (nSPS) is 15.7. The van der Waals surface area contributed by atoms with Gasteiger partial charge in [-0.1, -0.05) is 29.8 Å². The fraction of sp³-hybridized carbons (Fsp3) is 0.364. The van der Waals surface area contributed by atoms with Gasteiger partial charge in [0.2, 0.25) is 0 Å². The zero-order valence-electron chi connectivity index (χ0n) is 15.9. The summed E-state index contributed by atoms with van der Waals surface area (Å²) >= 11 is 0. The SMILES string of the molecule is CC(=O)c1ccc(C#N)c(NCC(c2ccc(C)cc2)N2CCOCC2)c1. The minimum atomic E-state index is -0.00852. The zero-order chi connectivity index (χ0) is 19.2. The second-order valence-corrected chi connectivity index (χ2v) is 6.88. The summed E-state index contributed by atoms with van der Waals surface area (Å²) in [4.78, 5) is 14.1. The Morgan fingerprint density at radius 1 is 1.22 bits per heavy atom.